The van der Waals surface area contributed by atoms with Gasteiger partial charge in [-0.3, -0.25) is 9.88 Å². The van der Waals surface area contributed by atoms with Crippen LogP contribution in [0.2, 0.25) is 0 Å². The number of methoxy groups -OCH3 is 1. The summed E-state index contributed by atoms with van der Waals surface area (Å²) in [6.45, 7) is 6.86. The first-order valence-corrected chi connectivity index (χ1v) is 5.60. The second kappa shape index (κ2) is 6.45. The Balaban J connectivity index is 2.59. The van der Waals surface area contributed by atoms with Crippen molar-refractivity contribution < 1.29 is 4.74 Å². The minimum atomic E-state index is 0.398. The highest BCUT2D eigenvalue weighted by molar-refractivity contribution is 5.34. The van der Waals surface area contributed by atoms with Crippen LogP contribution in [0.1, 0.15) is 19.5 Å². The molecule has 1 rings (SSSR count). The summed E-state index contributed by atoms with van der Waals surface area (Å²) in [7, 11) is 1.73. The number of anilines is 1. The number of nitrogens with two attached hydrogens (primary N) is 1. The Morgan fingerprint density at radius 2 is 2.25 bits per heavy atom. The van der Waals surface area contributed by atoms with Crippen molar-refractivity contribution >= 4 is 5.69 Å². The molecular weight excluding hydrogens is 202 g/mol. The first kappa shape index (κ1) is 12.9. The van der Waals surface area contributed by atoms with E-state index in [9.17, 15) is 0 Å². The summed E-state index contributed by atoms with van der Waals surface area (Å²) in [4.78, 5) is 6.62. The quantitative estimate of drug-likeness (QED) is 0.794. The van der Waals surface area contributed by atoms with Gasteiger partial charge < -0.3 is 10.5 Å². The van der Waals surface area contributed by atoms with Crippen LogP contribution >= 0.6 is 0 Å². The van der Waals surface area contributed by atoms with Gasteiger partial charge in [-0.15, -0.1) is 0 Å². The molecule has 0 radical (unpaired) electrons. The molecule has 90 valence electrons. The minimum absolute atomic E-state index is 0.398. The van der Waals surface area contributed by atoms with Crippen LogP contribution in [0.4, 0.5) is 5.69 Å². The maximum absolute atomic E-state index is 5.60. The van der Waals surface area contributed by atoms with E-state index in [4.69, 9.17) is 10.5 Å². The number of rotatable bonds is 6. The standard InChI is InChI=1S/C12H21N3O/c1-4-15(10(2)9-16-3)8-12-6-5-11(13)7-14-12/h5-7,10H,4,8-9,13H2,1-3H3. The summed E-state index contributed by atoms with van der Waals surface area (Å²) in [6, 6.07) is 4.25. The number of nitrogen functional groups attached to an aromatic ring is 1. The maximum atomic E-state index is 5.60. The number of nitrogens with zero attached hydrogens (tertiary/aromatic N) is 2. The van der Waals surface area contributed by atoms with E-state index in [2.05, 4.69) is 23.7 Å². The summed E-state index contributed by atoms with van der Waals surface area (Å²) >= 11 is 0. The Bertz CT molecular complexity index is 300. The Morgan fingerprint density at radius 1 is 1.50 bits per heavy atom. The summed E-state index contributed by atoms with van der Waals surface area (Å²) in [6.07, 6.45) is 1.70. The van der Waals surface area contributed by atoms with Gasteiger partial charge in [0.1, 0.15) is 0 Å². The molecule has 1 atom stereocenters. The summed E-state index contributed by atoms with van der Waals surface area (Å²) in [5, 5.41) is 0. The first-order valence-electron chi connectivity index (χ1n) is 5.60. The fourth-order valence-corrected chi connectivity index (χ4v) is 1.66. The van der Waals surface area contributed by atoms with Crippen molar-refractivity contribution in [1.29, 1.82) is 0 Å². The van der Waals surface area contributed by atoms with E-state index in [1.807, 2.05) is 12.1 Å². The molecule has 1 heterocycles. The van der Waals surface area contributed by atoms with Gasteiger partial charge in [-0.2, -0.15) is 0 Å². The smallest absolute Gasteiger partial charge is 0.0615 e. The van der Waals surface area contributed by atoms with Gasteiger partial charge >= 0.3 is 0 Å². The lowest BCUT2D eigenvalue weighted by Gasteiger charge is -2.26. The molecule has 16 heavy (non-hydrogen) atoms. The lowest BCUT2D eigenvalue weighted by molar-refractivity contribution is 0.0974. The average Bonchev–Trinajstić information content (AvgIpc) is 2.28. The normalized spacial score (nSPS) is 13.0. The van der Waals surface area contributed by atoms with Crippen LogP contribution in [-0.2, 0) is 11.3 Å². The van der Waals surface area contributed by atoms with Gasteiger partial charge in [-0.25, -0.2) is 0 Å². The van der Waals surface area contributed by atoms with Crippen LogP contribution in [-0.4, -0.2) is 36.2 Å². The molecule has 2 N–H and O–H groups in total. The van der Waals surface area contributed by atoms with Crippen LogP contribution in [0.15, 0.2) is 18.3 Å². The van der Waals surface area contributed by atoms with Crippen molar-refractivity contribution in [3.05, 3.63) is 24.0 Å². The Labute approximate surface area is 97.4 Å². The molecule has 1 aromatic heterocycles. The monoisotopic (exact) mass is 223 g/mol. The molecule has 0 aliphatic heterocycles. The third-order valence-electron chi connectivity index (χ3n) is 2.65. The van der Waals surface area contributed by atoms with Crippen LogP contribution in [0, 0.1) is 0 Å². The third-order valence-corrected chi connectivity index (χ3v) is 2.65. The van der Waals surface area contributed by atoms with Gasteiger partial charge in [-0.05, 0) is 25.6 Å². The van der Waals surface area contributed by atoms with Gasteiger partial charge in [0.25, 0.3) is 0 Å². The predicted octanol–water partition coefficient (Wildman–Crippen LogP) is 1.52. The second-order valence-corrected chi connectivity index (χ2v) is 3.95. The fourth-order valence-electron chi connectivity index (χ4n) is 1.66. The Hall–Kier alpha value is -1.13. The highest BCUT2D eigenvalue weighted by atomic mass is 16.5. The highest BCUT2D eigenvalue weighted by Gasteiger charge is 2.12. The number of hydrogen-bond donors (Lipinski definition) is 1. The van der Waals surface area contributed by atoms with Crippen molar-refractivity contribution in [1.82, 2.24) is 9.88 Å². The van der Waals surface area contributed by atoms with Gasteiger partial charge in [0.15, 0.2) is 0 Å². The van der Waals surface area contributed by atoms with Crippen molar-refractivity contribution in [2.24, 2.45) is 0 Å². The molecule has 0 aliphatic rings. The van der Waals surface area contributed by atoms with Crippen molar-refractivity contribution in [3.8, 4) is 0 Å². The molecule has 0 fully saturated rings. The third kappa shape index (κ3) is 3.79. The van der Waals surface area contributed by atoms with E-state index < -0.39 is 0 Å². The average molecular weight is 223 g/mol. The lowest BCUT2D eigenvalue weighted by Crippen LogP contribution is -2.35. The van der Waals surface area contributed by atoms with E-state index in [0.717, 1.165) is 25.4 Å². The van der Waals surface area contributed by atoms with Gasteiger partial charge in [0, 0.05) is 19.7 Å². The van der Waals surface area contributed by atoms with Gasteiger partial charge in [0.05, 0.1) is 24.2 Å². The predicted molar refractivity (Wildman–Crippen MR) is 66.1 cm³/mol. The van der Waals surface area contributed by atoms with Crippen molar-refractivity contribution in [2.45, 2.75) is 26.4 Å². The highest BCUT2D eigenvalue weighted by Crippen LogP contribution is 2.08. The largest absolute Gasteiger partial charge is 0.397 e. The van der Waals surface area contributed by atoms with Crippen molar-refractivity contribution in [3.63, 3.8) is 0 Å². The SMILES string of the molecule is CCN(Cc1ccc(N)cn1)C(C)COC. The second-order valence-electron chi connectivity index (χ2n) is 3.95. The molecule has 0 aliphatic carbocycles. The number of likely N-dealkylation sites (N-methyl/N-ethyl adjacent to an activating group) is 1. The van der Waals surface area contributed by atoms with Crippen molar-refractivity contribution in [2.75, 3.05) is 26.0 Å². The van der Waals surface area contributed by atoms with E-state index >= 15 is 0 Å². The maximum Gasteiger partial charge on any atom is 0.0615 e. The zero-order valence-electron chi connectivity index (χ0n) is 10.3. The van der Waals surface area contributed by atoms with Crippen LogP contribution in [0.25, 0.3) is 0 Å². The first-order chi connectivity index (χ1) is 7.67. The van der Waals surface area contributed by atoms with E-state index in [-0.39, 0.29) is 0 Å². The zero-order valence-corrected chi connectivity index (χ0v) is 10.3. The molecule has 0 aromatic carbocycles. The molecule has 0 spiro atoms. The van der Waals surface area contributed by atoms with Gasteiger partial charge in [0.2, 0.25) is 0 Å². The lowest BCUT2D eigenvalue weighted by atomic mass is 10.2. The molecule has 1 aromatic rings. The minimum Gasteiger partial charge on any atom is -0.397 e. The van der Waals surface area contributed by atoms with E-state index in [1.165, 1.54) is 0 Å². The molecule has 0 bridgehead atoms. The Morgan fingerprint density at radius 3 is 2.75 bits per heavy atom. The topological polar surface area (TPSA) is 51.4 Å². The molecule has 4 heteroatoms. The summed E-state index contributed by atoms with van der Waals surface area (Å²) < 4.78 is 5.16. The number of pyridine rings is 1. The summed E-state index contributed by atoms with van der Waals surface area (Å²) in [5.41, 5.74) is 7.35. The fraction of sp³-hybridized carbons (Fsp3) is 0.583. The van der Waals surface area contributed by atoms with Crippen LogP contribution in [0.5, 0.6) is 0 Å². The summed E-state index contributed by atoms with van der Waals surface area (Å²) in [5.74, 6) is 0. The molecule has 0 saturated carbocycles. The molecule has 4 nitrogen and oxygen atoms in total. The van der Waals surface area contributed by atoms with E-state index in [0.29, 0.717) is 11.7 Å². The van der Waals surface area contributed by atoms with Crippen LogP contribution < -0.4 is 5.73 Å². The molecule has 1 unspecified atom stereocenters. The number of aromatic nitrogens is 1. The zero-order chi connectivity index (χ0) is 12.0. The van der Waals surface area contributed by atoms with E-state index in [1.54, 1.807) is 13.3 Å². The number of ether oxygens (including phenoxy) is 1. The van der Waals surface area contributed by atoms with Crippen LogP contribution in [0.3, 0.4) is 0 Å². The molecular formula is C12H21N3O. The molecule has 0 saturated heterocycles. The number of hydrogen-bond acceptors (Lipinski definition) is 4. The Kier molecular flexibility index (Phi) is 5.22. The van der Waals surface area contributed by atoms with Gasteiger partial charge in [-0.1, -0.05) is 6.92 Å². The molecule has 0 amide bonds.